The Labute approximate surface area is 109 Å². The highest BCUT2D eigenvalue weighted by Gasteiger charge is 2.23. The Hall–Kier alpha value is -1.00. The van der Waals surface area contributed by atoms with Crippen LogP contribution in [0.4, 0.5) is 5.69 Å². The number of Topliss-reactive ketones (excluding diaryl/α,β-unsaturated/α-hetero) is 1. The minimum Gasteiger partial charge on any atom is -0.324 e. The van der Waals surface area contributed by atoms with Gasteiger partial charge in [0.25, 0.3) is 0 Å². The molecule has 1 aliphatic heterocycles. The zero-order valence-corrected chi connectivity index (χ0v) is 10.9. The van der Waals surface area contributed by atoms with Crippen molar-refractivity contribution < 1.29 is 9.59 Å². The number of amides is 1. The first-order valence-electron chi connectivity index (χ1n) is 5.32. The Kier molecular flexibility index (Phi) is 3.74. The molecule has 1 aromatic rings. The lowest BCUT2D eigenvalue weighted by Gasteiger charge is -2.21. The van der Waals surface area contributed by atoms with Crippen molar-refractivity contribution in [2.75, 3.05) is 11.2 Å². The van der Waals surface area contributed by atoms with Crippen molar-refractivity contribution in [1.29, 1.82) is 0 Å². The average Bonchev–Trinajstić information content (AvgIpc) is 2.30. The number of carbonyl (C=O) groups excluding carboxylic acids is 2. The molecule has 1 atom stereocenters. The van der Waals surface area contributed by atoms with Crippen molar-refractivity contribution in [1.82, 2.24) is 0 Å². The van der Waals surface area contributed by atoms with Crippen LogP contribution < -0.4 is 5.32 Å². The van der Waals surface area contributed by atoms with Gasteiger partial charge in [-0.15, -0.1) is 23.4 Å². The summed E-state index contributed by atoms with van der Waals surface area (Å²) in [5.74, 6) is 0.291. The summed E-state index contributed by atoms with van der Waals surface area (Å²) in [4.78, 5) is 24.2. The first kappa shape index (κ1) is 12.5. The summed E-state index contributed by atoms with van der Waals surface area (Å²) in [5.41, 5.74) is 1.32. The summed E-state index contributed by atoms with van der Waals surface area (Å²) in [6.45, 7) is 1.86. The third-order valence-electron chi connectivity index (χ3n) is 2.55. The van der Waals surface area contributed by atoms with Crippen LogP contribution in [-0.4, -0.2) is 22.8 Å². The van der Waals surface area contributed by atoms with E-state index < -0.39 is 0 Å². The summed E-state index contributed by atoms with van der Waals surface area (Å²) >= 11 is 7.04. The summed E-state index contributed by atoms with van der Waals surface area (Å²) < 4.78 is 0. The van der Waals surface area contributed by atoms with Gasteiger partial charge in [0.1, 0.15) is 0 Å². The highest BCUT2D eigenvalue weighted by molar-refractivity contribution is 8.00. The van der Waals surface area contributed by atoms with Gasteiger partial charge < -0.3 is 5.32 Å². The number of benzene rings is 1. The van der Waals surface area contributed by atoms with Crippen molar-refractivity contribution in [2.45, 2.75) is 23.5 Å². The molecule has 1 aromatic carbocycles. The lowest BCUT2D eigenvalue weighted by atomic mass is 10.1. The number of halogens is 1. The van der Waals surface area contributed by atoms with Gasteiger partial charge in [-0.1, -0.05) is 6.07 Å². The molecule has 0 radical (unpaired) electrons. The number of hydrogen-bond acceptors (Lipinski definition) is 3. The van der Waals surface area contributed by atoms with Crippen LogP contribution in [0.5, 0.6) is 0 Å². The fraction of sp³-hybridized carbons (Fsp3) is 0.333. The standard InChI is InChI=1S/C12H12ClNO2S/c1-7-12(16)14-9-6-8(10(15)4-5-13)2-3-11(9)17-7/h2-3,6-7H,4-5H2,1H3,(H,14,16). The number of fused-ring (bicyclic) bond motifs is 1. The summed E-state index contributed by atoms with van der Waals surface area (Å²) in [6.07, 6.45) is 0.317. The highest BCUT2D eigenvalue weighted by Crippen LogP contribution is 2.36. The van der Waals surface area contributed by atoms with Crippen LogP contribution in [0.25, 0.3) is 0 Å². The molecule has 0 fully saturated rings. The number of alkyl halides is 1. The molecule has 0 saturated carbocycles. The predicted molar refractivity (Wildman–Crippen MR) is 70.1 cm³/mol. The lowest BCUT2D eigenvalue weighted by Crippen LogP contribution is -2.26. The third-order valence-corrected chi connectivity index (χ3v) is 3.92. The number of hydrogen-bond donors (Lipinski definition) is 1. The Balaban J connectivity index is 2.28. The van der Waals surface area contributed by atoms with Gasteiger partial charge in [-0.3, -0.25) is 9.59 Å². The molecule has 5 heteroatoms. The Morgan fingerprint density at radius 1 is 1.53 bits per heavy atom. The molecule has 2 rings (SSSR count). The monoisotopic (exact) mass is 269 g/mol. The second-order valence-electron chi connectivity index (χ2n) is 3.82. The van der Waals surface area contributed by atoms with Gasteiger partial charge in [-0.05, 0) is 19.1 Å². The summed E-state index contributed by atoms with van der Waals surface area (Å²) in [6, 6.07) is 5.38. The molecule has 1 N–H and O–H groups in total. The van der Waals surface area contributed by atoms with Gasteiger partial charge >= 0.3 is 0 Å². The van der Waals surface area contributed by atoms with Crippen LogP contribution in [0.1, 0.15) is 23.7 Å². The minimum absolute atomic E-state index is 0.000621. The van der Waals surface area contributed by atoms with E-state index in [1.165, 1.54) is 11.8 Å². The van der Waals surface area contributed by atoms with Crippen LogP contribution in [0.15, 0.2) is 23.1 Å². The molecule has 0 aliphatic carbocycles. The molecule has 17 heavy (non-hydrogen) atoms. The second kappa shape index (κ2) is 5.10. The zero-order chi connectivity index (χ0) is 12.4. The van der Waals surface area contributed by atoms with E-state index in [0.29, 0.717) is 17.9 Å². The quantitative estimate of drug-likeness (QED) is 0.678. The molecule has 0 spiro atoms. The van der Waals surface area contributed by atoms with Crippen molar-refractivity contribution in [3.63, 3.8) is 0 Å². The fourth-order valence-corrected chi connectivity index (χ4v) is 2.71. The number of nitrogens with one attached hydrogen (secondary N) is 1. The topological polar surface area (TPSA) is 46.2 Å². The van der Waals surface area contributed by atoms with Gasteiger partial charge in [0.15, 0.2) is 5.78 Å². The van der Waals surface area contributed by atoms with Crippen LogP contribution in [0.3, 0.4) is 0 Å². The Bertz CT molecular complexity index is 476. The highest BCUT2D eigenvalue weighted by atomic mass is 35.5. The van der Waals surface area contributed by atoms with Gasteiger partial charge in [-0.25, -0.2) is 0 Å². The number of rotatable bonds is 3. The van der Waals surface area contributed by atoms with Gasteiger partial charge in [-0.2, -0.15) is 0 Å². The second-order valence-corrected chi connectivity index (χ2v) is 5.58. The first-order valence-corrected chi connectivity index (χ1v) is 6.74. The molecule has 1 unspecified atom stereocenters. The van der Waals surface area contributed by atoms with Gasteiger partial charge in [0.2, 0.25) is 5.91 Å². The van der Waals surface area contributed by atoms with Gasteiger partial charge in [0.05, 0.1) is 10.9 Å². The number of carbonyl (C=O) groups is 2. The first-order chi connectivity index (χ1) is 8.11. The molecule has 0 bridgehead atoms. The van der Waals surface area contributed by atoms with E-state index in [2.05, 4.69) is 5.32 Å². The van der Waals surface area contributed by atoms with Crippen molar-refractivity contribution >= 4 is 40.7 Å². The van der Waals surface area contributed by atoms with E-state index in [-0.39, 0.29) is 16.9 Å². The van der Waals surface area contributed by atoms with Crippen LogP contribution in [0, 0.1) is 0 Å². The summed E-state index contributed by atoms with van der Waals surface area (Å²) in [7, 11) is 0. The molecule has 3 nitrogen and oxygen atoms in total. The van der Waals surface area contributed by atoms with E-state index >= 15 is 0 Å². The Morgan fingerprint density at radius 3 is 3.00 bits per heavy atom. The fourth-order valence-electron chi connectivity index (χ4n) is 1.61. The number of ketones is 1. The predicted octanol–water partition coefficient (Wildman–Crippen LogP) is 2.93. The average molecular weight is 270 g/mol. The SMILES string of the molecule is CC1Sc2ccc(C(=O)CCCl)cc2NC1=O. The zero-order valence-electron chi connectivity index (χ0n) is 9.33. The largest absolute Gasteiger partial charge is 0.324 e. The maximum Gasteiger partial charge on any atom is 0.237 e. The van der Waals surface area contributed by atoms with Crippen LogP contribution in [0.2, 0.25) is 0 Å². The molecule has 0 saturated heterocycles. The molecule has 1 heterocycles. The van der Waals surface area contributed by atoms with E-state index in [1.807, 2.05) is 13.0 Å². The van der Waals surface area contributed by atoms with Crippen LogP contribution in [-0.2, 0) is 4.79 Å². The minimum atomic E-state index is -0.0908. The maximum absolute atomic E-state index is 11.7. The van der Waals surface area contributed by atoms with E-state index in [0.717, 1.165) is 10.6 Å². The van der Waals surface area contributed by atoms with Crippen molar-refractivity contribution in [3.8, 4) is 0 Å². The number of thioether (sulfide) groups is 1. The molecule has 1 amide bonds. The van der Waals surface area contributed by atoms with E-state index in [9.17, 15) is 9.59 Å². The molecular formula is C12H12ClNO2S. The normalized spacial score (nSPS) is 18.5. The third kappa shape index (κ3) is 2.64. The van der Waals surface area contributed by atoms with E-state index in [1.54, 1.807) is 12.1 Å². The van der Waals surface area contributed by atoms with E-state index in [4.69, 9.17) is 11.6 Å². The number of anilines is 1. The van der Waals surface area contributed by atoms with Gasteiger partial charge in [0, 0.05) is 22.8 Å². The molecule has 0 aromatic heterocycles. The smallest absolute Gasteiger partial charge is 0.237 e. The summed E-state index contributed by atoms with van der Waals surface area (Å²) in [5, 5.41) is 2.71. The Morgan fingerprint density at radius 2 is 2.29 bits per heavy atom. The molecular weight excluding hydrogens is 258 g/mol. The molecule has 1 aliphatic rings. The van der Waals surface area contributed by atoms with Crippen LogP contribution >= 0.6 is 23.4 Å². The van der Waals surface area contributed by atoms with Crippen molar-refractivity contribution in [3.05, 3.63) is 23.8 Å². The molecule has 90 valence electrons. The maximum atomic E-state index is 11.7. The van der Waals surface area contributed by atoms with Crippen molar-refractivity contribution in [2.24, 2.45) is 0 Å². The lowest BCUT2D eigenvalue weighted by molar-refractivity contribution is -0.115.